The summed E-state index contributed by atoms with van der Waals surface area (Å²) >= 11 is 0. The van der Waals surface area contributed by atoms with Gasteiger partial charge >= 0.3 is 5.69 Å². The Bertz CT molecular complexity index is 508. The van der Waals surface area contributed by atoms with E-state index >= 15 is 0 Å². The quantitative estimate of drug-likeness (QED) is 0.894. The van der Waals surface area contributed by atoms with E-state index in [9.17, 15) is 9.59 Å². The van der Waals surface area contributed by atoms with Crippen molar-refractivity contribution < 1.29 is 9.47 Å². The Labute approximate surface area is 112 Å². The predicted molar refractivity (Wildman–Crippen MR) is 72.3 cm³/mol. The van der Waals surface area contributed by atoms with E-state index in [2.05, 4.69) is 4.98 Å². The van der Waals surface area contributed by atoms with E-state index in [1.165, 1.54) is 16.8 Å². The molecule has 1 aromatic rings. The molecule has 1 fully saturated rings. The van der Waals surface area contributed by atoms with E-state index < -0.39 is 17.5 Å². The van der Waals surface area contributed by atoms with Crippen LogP contribution in [0, 0.1) is 0 Å². The van der Waals surface area contributed by atoms with E-state index in [-0.39, 0.29) is 19.6 Å². The molecule has 0 aliphatic carbocycles. The van der Waals surface area contributed by atoms with Crippen molar-refractivity contribution >= 4 is 0 Å². The molecule has 0 aromatic carbocycles. The van der Waals surface area contributed by atoms with Gasteiger partial charge in [0.2, 0.25) is 0 Å². The summed E-state index contributed by atoms with van der Waals surface area (Å²) in [5, 5.41) is 0. The van der Waals surface area contributed by atoms with Gasteiger partial charge in [-0.05, 0) is 13.3 Å². The number of aromatic nitrogens is 2. The first kappa shape index (κ1) is 15.7. The Morgan fingerprint density at radius 3 is 2.89 bits per heavy atom. The van der Waals surface area contributed by atoms with E-state index in [0.717, 1.165) is 12.8 Å². The summed E-state index contributed by atoms with van der Waals surface area (Å²) in [4.78, 5) is 25.0. The van der Waals surface area contributed by atoms with Gasteiger partial charge in [0, 0.05) is 25.3 Å². The summed E-state index contributed by atoms with van der Waals surface area (Å²) in [5.74, 6) is 0. The number of H-pyrrole nitrogens is 1. The lowest BCUT2D eigenvalue weighted by Gasteiger charge is -2.20. The third-order valence-electron chi connectivity index (χ3n) is 2.92. The molecule has 108 valence electrons. The zero-order valence-electron chi connectivity index (χ0n) is 10.6. The van der Waals surface area contributed by atoms with Gasteiger partial charge in [0.15, 0.2) is 6.23 Å². The highest BCUT2D eigenvalue weighted by molar-refractivity contribution is 4.88. The lowest BCUT2D eigenvalue weighted by molar-refractivity contribution is -0.0619. The minimum Gasteiger partial charge on any atom is -0.373 e. The fraction of sp³-hybridized carbons (Fsp3) is 0.692. The molecule has 1 saturated heterocycles. The Hall–Kier alpha value is -1.40. The van der Waals surface area contributed by atoms with Crippen LogP contribution in [0.5, 0.6) is 0 Å². The van der Waals surface area contributed by atoms with Gasteiger partial charge in [-0.25, -0.2) is 4.79 Å². The van der Waals surface area contributed by atoms with E-state index in [1.54, 1.807) is 0 Å². The first-order valence-electron chi connectivity index (χ1n) is 6.20. The third kappa shape index (κ3) is 3.54. The second kappa shape index (κ2) is 6.68. The summed E-state index contributed by atoms with van der Waals surface area (Å²) in [6.07, 6.45) is 2.54. The minimum absolute atomic E-state index is 0. The van der Waals surface area contributed by atoms with E-state index in [1.807, 2.05) is 13.8 Å². The van der Waals surface area contributed by atoms with Crippen LogP contribution < -0.4 is 11.2 Å². The first-order chi connectivity index (χ1) is 8.61. The van der Waals surface area contributed by atoms with Crippen molar-refractivity contribution in [2.24, 2.45) is 0 Å². The maximum atomic E-state index is 11.7. The average Bonchev–Trinajstić information content (AvgIpc) is 2.67. The van der Waals surface area contributed by atoms with Crippen LogP contribution in [0.2, 0.25) is 0 Å². The molecule has 0 amide bonds. The van der Waals surface area contributed by atoms with Crippen LogP contribution in [0.1, 0.15) is 40.3 Å². The molecule has 2 heterocycles. The van der Waals surface area contributed by atoms with E-state index in [4.69, 9.17) is 9.47 Å². The highest BCUT2D eigenvalue weighted by Gasteiger charge is 2.35. The van der Waals surface area contributed by atoms with Gasteiger partial charge in [-0.15, -0.1) is 0 Å². The van der Waals surface area contributed by atoms with Crippen LogP contribution in [0.3, 0.4) is 0 Å². The predicted octanol–water partition coefficient (Wildman–Crippen LogP) is 1.28. The normalized spacial score (nSPS) is 26.1. The second-order valence-electron chi connectivity index (χ2n) is 4.50. The van der Waals surface area contributed by atoms with Crippen LogP contribution in [0.25, 0.3) is 0 Å². The van der Waals surface area contributed by atoms with Crippen LogP contribution in [0.15, 0.2) is 21.9 Å². The monoisotopic (exact) mass is 270 g/mol. The molecule has 2 rings (SSSR count). The van der Waals surface area contributed by atoms with Crippen LogP contribution >= 0.6 is 0 Å². The van der Waals surface area contributed by atoms with E-state index in [0.29, 0.717) is 6.61 Å². The molecule has 0 saturated carbocycles. The third-order valence-corrected chi connectivity index (χ3v) is 2.92. The largest absolute Gasteiger partial charge is 0.373 e. The van der Waals surface area contributed by atoms with Crippen molar-refractivity contribution in [2.45, 2.75) is 52.6 Å². The summed E-state index contributed by atoms with van der Waals surface area (Å²) < 4.78 is 12.8. The van der Waals surface area contributed by atoms with Crippen molar-refractivity contribution in [3.63, 3.8) is 0 Å². The molecular formula is C13H22N2O4. The van der Waals surface area contributed by atoms with Crippen molar-refractivity contribution in [1.29, 1.82) is 0 Å². The molecule has 19 heavy (non-hydrogen) atoms. The maximum Gasteiger partial charge on any atom is 0.330 e. The Morgan fingerprint density at radius 1 is 1.53 bits per heavy atom. The first-order valence-corrected chi connectivity index (χ1v) is 6.20. The van der Waals surface area contributed by atoms with Gasteiger partial charge < -0.3 is 9.47 Å². The molecule has 1 N–H and O–H groups in total. The molecule has 6 nitrogen and oxygen atoms in total. The van der Waals surface area contributed by atoms with Gasteiger partial charge in [0.1, 0.15) is 6.10 Å². The average molecular weight is 270 g/mol. The highest BCUT2D eigenvalue weighted by atomic mass is 16.6. The Morgan fingerprint density at radius 2 is 2.26 bits per heavy atom. The van der Waals surface area contributed by atoms with Crippen molar-refractivity contribution in [3.8, 4) is 0 Å². The van der Waals surface area contributed by atoms with Crippen molar-refractivity contribution in [3.05, 3.63) is 33.1 Å². The zero-order chi connectivity index (χ0) is 13.1. The van der Waals surface area contributed by atoms with Crippen molar-refractivity contribution in [1.82, 2.24) is 9.55 Å². The lowest BCUT2D eigenvalue weighted by Crippen LogP contribution is -2.35. The molecule has 6 heteroatoms. The van der Waals surface area contributed by atoms with Crippen LogP contribution in [-0.2, 0) is 9.47 Å². The Kier molecular flexibility index (Phi) is 5.50. The van der Waals surface area contributed by atoms with Gasteiger partial charge in [-0.2, -0.15) is 0 Å². The smallest absolute Gasteiger partial charge is 0.330 e. The number of nitrogens with zero attached hydrogens (tertiary/aromatic N) is 1. The molecule has 0 spiro atoms. The lowest BCUT2D eigenvalue weighted by atomic mass is 10.2. The van der Waals surface area contributed by atoms with Gasteiger partial charge in [0.25, 0.3) is 5.56 Å². The number of ether oxygens (including phenoxy) is 2. The fourth-order valence-corrected chi connectivity index (χ4v) is 2.12. The molecule has 1 aliphatic heterocycles. The van der Waals surface area contributed by atoms with Crippen molar-refractivity contribution in [2.75, 3.05) is 6.61 Å². The van der Waals surface area contributed by atoms with Gasteiger partial charge in [-0.1, -0.05) is 14.4 Å². The standard InChI is InChI=1S/C12H18N2O4.CH4/c1-3-6-17-9-7-8(2)18-11(9)14-5-4-10(15)13-12(14)16;/h4-5,8-9,11H,3,6-7H2,1-2H3,(H,13,15,16);1H4/t8?,9-,11?;/m0./s1. The van der Waals surface area contributed by atoms with Crippen LogP contribution in [0.4, 0.5) is 0 Å². The summed E-state index contributed by atoms with van der Waals surface area (Å²) in [7, 11) is 0. The molecule has 1 aliphatic rings. The molecule has 0 bridgehead atoms. The molecular weight excluding hydrogens is 248 g/mol. The SMILES string of the molecule is C.CCCO[C@H]1CC(C)OC1n1ccc(=O)[nH]c1=O. The van der Waals surface area contributed by atoms with Crippen LogP contribution in [-0.4, -0.2) is 28.4 Å². The number of aromatic amines is 1. The minimum atomic E-state index is -0.466. The molecule has 1 aromatic heterocycles. The fourth-order valence-electron chi connectivity index (χ4n) is 2.12. The number of hydrogen-bond donors (Lipinski definition) is 1. The molecule has 2 unspecified atom stereocenters. The molecule has 0 radical (unpaired) electrons. The number of nitrogens with one attached hydrogen (secondary N) is 1. The maximum absolute atomic E-state index is 11.7. The Balaban J connectivity index is 0.00000180. The molecule has 3 atom stereocenters. The number of hydrogen-bond acceptors (Lipinski definition) is 4. The van der Waals surface area contributed by atoms with Gasteiger partial charge in [0.05, 0.1) is 6.10 Å². The summed E-state index contributed by atoms with van der Waals surface area (Å²) in [5.41, 5.74) is -0.875. The van der Waals surface area contributed by atoms with Gasteiger partial charge in [-0.3, -0.25) is 14.3 Å². The zero-order valence-corrected chi connectivity index (χ0v) is 10.6. The topological polar surface area (TPSA) is 73.3 Å². The highest BCUT2D eigenvalue weighted by Crippen LogP contribution is 2.29. The summed E-state index contributed by atoms with van der Waals surface area (Å²) in [6.45, 7) is 4.61. The second-order valence-corrected chi connectivity index (χ2v) is 4.50. The summed E-state index contributed by atoms with van der Waals surface area (Å²) in [6, 6.07) is 1.31. The number of rotatable bonds is 4.